The van der Waals surface area contributed by atoms with Crippen molar-refractivity contribution in [3.63, 3.8) is 0 Å². The third-order valence-electron chi connectivity index (χ3n) is 4.67. The Hall–Kier alpha value is -3.31. The summed E-state index contributed by atoms with van der Waals surface area (Å²) >= 11 is 6.41. The standard InChI is InChI=1S/C24H22ClN3O3S/c1-3-14-26-32(30,31)21-11-7-10-19(15-21)24(29)28-20-12-13-23(22(25)16-20)27-17(2)18-8-5-4-6-9-18/h1,4-13,15-17,26-27H,14H2,2H3,(H,28,29). The van der Waals surface area contributed by atoms with E-state index in [1.165, 1.54) is 24.3 Å². The van der Waals surface area contributed by atoms with Gasteiger partial charge in [0.2, 0.25) is 10.0 Å². The molecule has 0 saturated heterocycles. The van der Waals surface area contributed by atoms with E-state index in [2.05, 4.69) is 21.3 Å². The molecule has 0 aliphatic carbocycles. The molecule has 0 aliphatic rings. The van der Waals surface area contributed by atoms with Gasteiger partial charge in [-0.2, -0.15) is 4.72 Å². The first-order chi connectivity index (χ1) is 15.3. The van der Waals surface area contributed by atoms with Crippen molar-refractivity contribution in [1.82, 2.24) is 4.72 Å². The number of amides is 1. The van der Waals surface area contributed by atoms with Gasteiger partial charge in [-0.3, -0.25) is 4.79 Å². The molecule has 3 N–H and O–H groups in total. The van der Waals surface area contributed by atoms with Crippen LogP contribution < -0.4 is 15.4 Å². The van der Waals surface area contributed by atoms with Gasteiger partial charge < -0.3 is 10.6 Å². The molecule has 3 rings (SSSR count). The first kappa shape index (κ1) is 23.4. The van der Waals surface area contributed by atoms with Gasteiger partial charge in [0.25, 0.3) is 5.91 Å². The molecule has 6 nitrogen and oxygen atoms in total. The number of nitrogens with one attached hydrogen (secondary N) is 3. The second-order valence-corrected chi connectivity index (χ2v) is 9.16. The van der Waals surface area contributed by atoms with E-state index >= 15 is 0 Å². The maximum atomic E-state index is 12.6. The summed E-state index contributed by atoms with van der Waals surface area (Å²) in [5, 5.41) is 6.53. The smallest absolute Gasteiger partial charge is 0.255 e. The van der Waals surface area contributed by atoms with E-state index in [4.69, 9.17) is 18.0 Å². The average molecular weight is 468 g/mol. The summed E-state index contributed by atoms with van der Waals surface area (Å²) in [5.41, 5.74) is 2.52. The molecule has 0 saturated carbocycles. The number of anilines is 2. The fourth-order valence-electron chi connectivity index (χ4n) is 3.00. The average Bonchev–Trinajstić information content (AvgIpc) is 2.80. The first-order valence-electron chi connectivity index (χ1n) is 9.76. The molecule has 1 amide bonds. The van der Waals surface area contributed by atoms with Crippen molar-refractivity contribution in [1.29, 1.82) is 0 Å². The third kappa shape index (κ3) is 5.89. The Morgan fingerprint density at radius 3 is 2.50 bits per heavy atom. The molecule has 0 fully saturated rings. The number of carbonyl (C=O) groups is 1. The largest absolute Gasteiger partial charge is 0.377 e. The number of terminal acetylenes is 1. The lowest BCUT2D eigenvalue weighted by Gasteiger charge is -2.17. The molecule has 3 aromatic carbocycles. The van der Waals surface area contributed by atoms with E-state index in [9.17, 15) is 13.2 Å². The Bertz CT molecular complexity index is 1250. The number of rotatable bonds is 8. The summed E-state index contributed by atoms with van der Waals surface area (Å²) in [6, 6.07) is 20.8. The maximum Gasteiger partial charge on any atom is 0.255 e. The van der Waals surface area contributed by atoms with E-state index in [1.807, 2.05) is 37.3 Å². The van der Waals surface area contributed by atoms with Gasteiger partial charge in [-0.1, -0.05) is 53.9 Å². The molecule has 1 atom stereocenters. The highest BCUT2D eigenvalue weighted by Crippen LogP contribution is 2.29. The van der Waals surface area contributed by atoms with Gasteiger partial charge in [0.1, 0.15) is 0 Å². The fourth-order valence-corrected chi connectivity index (χ4v) is 4.21. The third-order valence-corrected chi connectivity index (χ3v) is 6.38. The molecule has 8 heteroatoms. The summed E-state index contributed by atoms with van der Waals surface area (Å²) in [4.78, 5) is 12.6. The molecule has 0 aromatic heterocycles. The van der Waals surface area contributed by atoms with Gasteiger partial charge in [-0.15, -0.1) is 6.42 Å². The molecule has 0 bridgehead atoms. The van der Waals surface area contributed by atoms with E-state index in [-0.39, 0.29) is 23.0 Å². The Kier molecular flexibility index (Phi) is 7.54. The molecule has 32 heavy (non-hydrogen) atoms. The van der Waals surface area contributed by atoms with Gasteiger partial charge in [-0.25, -0.2) is 8.42 Å². The summed E-state index contributed by atoms with van der Waals surface area (Å²) in [6.07, 6.45) is 5.10. The molecule has 3 aromatic rings. The van der Waals surface area contributed by atoms with Crippen LogP contribution in [0.25, 0.3) is 0 Å². The molecule has 164 valence electrons. The fraction of sp³-hybridized carbons (Fsp3) is 0.125. The molecule has 0 heterocycles. The quantitative estimate of drug-likeness (QED) is 0.420. The zero-order valence-electron chi connectivity index (χ0n) is 17.3. The van der Waals surface area contributed by atoms with Crippen LogP contribution in [-0.2, 0) is 10.0 Å². The summed E-state index contributed by atoms with van der Waals surface area (Å²) in [7, 11) is -3.80. The van der Waals surface area contributed by atoms with Crippen LogP contribution in [-0.4, -0.2) is 20.9 Å². The highest BCUT2D eigenvalue weighted by atomic mass is 35.5. The number of hydrogen-bond acceptors (Lipinski definition) is 4. The van der Waals surface area contributed by atoms with Crippen molar-refractivity contribution in [2.45, 2.75) is 17.9 Å². The molecular formula is C24H22ClN3O3S. The molecule has 0 aliphatic heterocycles. The lowest BCUT2D eigenvalue weighted by Crippen LogP contribution is -2.24. The second-order valence-electron chi connectivity index (χ2n) is 6.98. The lowest BCUT2D eigenvalue weighted by atomic mass is 10.1. The Labute approximate surface area is 193 Å². The molecule has 0 spiro atoms. The predicted octanol–water partition coefficient (Wildman–Crippen LogP) is 4.68. The zero-order chi connectivity index (χ0) is 23.1. The van der Waals surface area contributed by atoms with Gasteiger partial charge in [0, 0.05) is 17.3 Å². The van der Waals surface area contributed by atoms with Crippen LogP contribution in [0, 0.1) is 12.3 Å². The van der Waals surface area contributed by atoms with Crippen LogP contribution in [0.1, 0.15) is 28.9 Å². The van der Waals surface area contributed by atoms with E-state index < -0.39 is 15.9 Å². The topological polar surface area (TPSA) is 87.3 Å². The van der Waals surface area contributed by atoms with Crippen LogP contribution >= 0.6 is 11.6 Å². The van der Waals surface area contributed by atoms with Gasteiger partial charge in [0.05, 0.1) is 22.2 Å². The van der Waals surface area contributed by atoms with E-state index in [0.29, 0.717) is 10.7 Å². The van der Waals surface area contributed by atoms with Crippen LogP contribution in [0.15, 0.2) is 77.7 Å². The van der Waals surface area contributed by atoms with Gasteiger partial charge in [0.15, 0.2) is 0 Å². The van der Waals surface area contributed by atoms with Crippen LogP contribution in [0.4, 0.5) is 11.4 Å². The normalized spacial score (nSPS) is 11.9. The Morgan fingerprint density at radius 1 is 1.06 bits per heavy atom. The summed E-state index contributed by atoms with van der Waals surface area (Å²) in [5.74, 6) is 1.74. The van der Waals surface area contributed by atoms with Gasteiger partial charge >= 0.3 is 0 Å². The minimum atomic E-state index is -3.80. The summed E-state index contributed by atoms with van der Waals surface area (Å²) < 4.78 is 26.7. The monoisotopic (exact) mass is 467 g/mol. The number of sulfonamides is 1. The highest BCUT2D eigenvalue weighted by Gasteiger charge is 2.16. The number of hydrogen-bond donors (Lipinski definition) is 3. The molecule has 0 radical (unpaired) electrons. The SMILES string of the molecule is C#CCNS(=O)(=O)c1cccc(C(=O)Nc2ccc(NC(C)c3ccccc3)c(Cl)c2)c1. The number of halogens is 1. The van der Waals surface area contributed by atoms with Crippen LogP contribution in [0.2, 0.25) is 5.02 Å². The van der Waals surface area contributed by atoms with Crippen LogP contribution in [0.3, 0.4) is 0 Å². The van der Waals surface area contributed by atoms with Crippen LogP contribution in [0.5, 0.6) is 0 Å². The minimum absolute atomic E-state index is 0.0434. The second kappa shape index (κ2) is 10.3. The lowest BCUT2D eigenvalue weighted by molar-refractivity contribution is 0.102. The molecule has 1 unspecified atom stereocenters. The van der Waals surface area contributed by atoms with Gasteiger partial charge in [-0.05, 0) is 48.9 Å². The first-order valence-corrected chi connectivity index (χ1v) is 11.6. The Balaban J connectivity index is 1.71. The predicted molar refractivity (Wildman–Crippen MR) is 128 cm³/mol. The zero-order valence-corrected chi connectivity index (χ0v) is 18.9. The van der Waals surface area contributed by atoms with E-state index in [1.54, 1.807) is 18.2 Å². The Morgan fingerprint density at radius 2 is 1.81 bits per heavy atom. The summed E-state index contributed by atoms with van der Waals surface area (Å²) in [6.45, 7) is 1.89. The van der Waals surface area contributed by atoms with Crippen molar-refractivity contribution >= 4 is 38.9 Å². The molecular weight excluding hydrogens is 446 g/mol. The van der Waals surface area contributed by atoms with Crippen molar-refractivity contribution < 1.29 is 13.2 Å². The van der Waals surface area contributed by atoms with Crippen molar-refractivity contribution in [3.8, 4) is 12.3 Å². The van der Waals surface area contributed by atoms with Crippen molar-refractivity contribution in [2.75, 3.05) is 17.2 Å². The minimum Gasteiger partial charge on any atom is -0.377 e. The van der Waals surface area contributed by atoms with Crippen molar-refractivity contribution in [3.05, 3.63) is 88.9 Å². The highest BCUT2D eigenvalue weighted by molar-refractivity contribution is 7.89. The van der Waals surface area contributed by atoms with Crippen molar-refractivity contribution in [2.24, 2.45) is 0 Å². The number of benzene rings is 3. The maximum absolute atomic E-state index is 12.6. The van der Waals surface area contributed by atoms with E-state index in [0.717, 1.165) is 11.3 Å². The number of carbonyl (C=O) groups excluding carboxylic acids is 1.